The summed E-state index contributed by atoms with van der Waals surface area (Å²) in [6, 6.07) is 5.32. The maximum atomic E-state index is 5.78. The molecule has 15 heavy (non-hydrogen) atoms. The normalized spacial score (nSPS) is 13.7. The van der Waals surface area contributed by atoms with Crippen molar-refractivity contribution in [1.29, 1.82) is 0 Å². The molecule has 0 saturated carbocycles. The van der Waals surface area contributed by atoms with E-state index in [4.69, 9.17) is 16.2 Å². The van der Waals surface area contributed by atoms with Gasteiger partial charge in [-0.1, -0.05) is 6.07 Å². The van der Waals surface area contributed by atoms with Gasteiger partial charge in [-0.15, -0.1) is 0 Å². The van der Waals surface area contributed by atoms with Crippen molar-refractivity contribution in [3.8, 4) is 5.88 Å². The van der Waals surface area contributed by atoms with Crippen LogP contribution in [-0.2, 0) is 0 Å². The molecule has 1 rings (SSSR count). The van der Waals surface area contributed by atoms with Crippen molar-refractivity contribution in [3.63, 3.8) is 0 Å². The molecule has 0 fully saturated rings. The van der Waals surface area contributed by atoms with Crippen molar-refractivity contribution in [1.82, 2.24) is 4.98 Å². The van der Waals surface area contributed by atoms with Crippen molar-refractivity contribution in [2.45, 2.75) is 32.4 Å². The Hall–Kier alpha value is -1.13. The first kappa shape index (κ1) is 11.9. The monoisotopic (exact) mass is 209 g/mol. The lowest BCUT2D eigenvalue weighted by Gasteiger charge is -2.21. The minimum Gasteiger partial charge on any atom is -0.472 e. The largest absolute Gasteiger partial charge is 0.472 e. The Labute approximate surface area is 90.6 Å². The van der Waals surface area contributed by atoms with E-state index in [9.17, 15) is 0 Å². The van der Waals surface area contributed by atoms with E-state index in [1.54, 1.807) is 0 Å². The molecule has 0 aromatic carbocycles. The SMILES string of the molecule is CC(C)(C)Oc1cccc(C(N)CN)n1. The zero-order valence-corrected chi connectivity index (χ0v) is 9.53. The number of ether oxygens (including phenoxy) is 1. The van der Waals surface area contributed by atoms with E-state index in [1.165, 1.54) is 0 Å². The number of hydrogen-bond donors (Lipinski definition) is 2. The molecule has 4 N–H and O–H groups in total. The van der Waals surface area contributed by atoms with Crippen molar-refractivity contribution >= 4 is 0 Å². The van der Waals surface area contributed by atoms with E-state index >= 15 is 0 Å². The van der Waals surface area contributed by atoms with Gasteiger partial charge in [0.15, 0.2) is 0 Å². The Morgan fingerprint density at radius 3 is 2.60 bits per heavy atom. The van der Waals surface area contributed by atoms with Gasteiger partial charge >= 0.3 is 0 Å². The number of rotatable bonds is 3. The third kappa shape index (κ3) is 3.85. The molecule has 4 heteroatoms. The second-order valence-corrected chi connectivity index (χ2v) is 4.46. The average molecular weight is 209 g/mol. The van der Waals surface area contributed by atoms with E-state index < -0.39 is 0 Å². The maximum absolute atomic E-state index is 5.78. The van der Waals surface area contributed by atoms with Gasteiger partial charge in [0.05, 0.1) is 11.7 Å². The van der Waals surface area contributed by atoms with Crippen LogP contribution in [0.15, 0.2) is 18.2 Å². The van der Waals surface area contributed by atoms with Crippen LogP contribution in [-0.4, -0.2) is 17.1 Å². The van der Waals surface area contributed by atoms with Gasteiger partial charge in [-0.05, 0) is 26.8 Å². The molecule has 1 atom stereocenters. The third-order valence-corrected chi connectivity index (χ3v) is 1.79. The third-order valence-electron chi connectivity index (χ3n) is 1.79. The predicted molar refractivity (Wildman–Crippen MR) is 60.6 cm³/mol. The summed E-state index contributed by atoms with van der Waals surface area (Å²) in [6.45, 7) is 6.31. The lowest BCUT2D eigenvalue weighted by atomic mass is 10.2. The molecule has 1 unspecified atom stereocenters. The van der Waals surface area contributed by atoms with Gasteiger partial charge in [-0.3, -0.25) is 0 Å². The lowest BCUT2D eigenvalue weighted by Crippen LogP contribution is -2.25. The van der Waals surface area contributed by atoms with E-state index in [1.807, 2.05) is 39.0 Å². The predicted octanol–water partition coefficient (Wildman–Crippen LogP) is 1.22. The summed E-state index contributed by atoms with van der Waals surface area (Å²) >= 11 is 0. The zero-order chi connectivity index (χ0) is 11.5. The van der Waals surface area contributed by atoms with Crippen molar-refractivity contribution in [2.24, 2.45) is 11.5 Å². The number of nitrogens with two attached hydrogens (primary N) is 2. The van der Waals surface area contributed by atoms with Crippen LogP contribution in [0.3, 0.4) is 0 Å². The second-order valence-electron chi connectivity index (χ2n) is 4.46. The molecular formula is C11H19N3O. The highest BCUT2D eigenvalue weighted by Gasteiger charge is 2.13. The minimum atomic E-state index is -0.252. The summed E-state index contributed by atoms with van der Waals surface area (Å²) < 4.78 is 5.63. The van der Waals surface area contributed by atoms with Gasteiger partial charge in [0.25, 0.3) is 0 Å². The summed E-state index contributed by atoms with van der Waals surface area (Å²) in [5.74, 6) is 0.587. The molecular weight excluding hydrogens is 190 g/mol. The lowest BCUT2D eigenvalue weighted by molar-refractivity contribution is 0.123. The molecule has 1 heterocycles. The van der Waals surface area contributed by atoms with Crippen LogP contribution in [0, 0.1) is 0 Å². The van der Waals surface area contributed by atoms with E-state index in [-0.39, 0.29) is 11.6 Å². The minimum absolute atomic E-state index is 0.228. The summed E-state index contributed by atoms with van der Waals surface area (Å²) in [7, 11) is 0. The first-order valence-corrected chi connectivity index (χ1v) is 5.04. The van der Waals surface area contributed by atoms with Crippen LogP contribution in [0.2, 0.25) is 0 Å². The number of pyridine rings is 1. The molecule has 0 amide bonds. The van der Waals surface area contributed by atoms with Crippen molar-refractivity contribution in [2.75, 3.05) is 6.54 Å². The van der Waals surface area contributed by atoms with Gasteiger partial charge in [0.2, 0.25) is 5.88 Å². The highest BCUT2D eigenvalue weighted by atomic mass is 16.5. The van der Waals surface area contributed by atoms with Crippen molar-refractivity contribution in [3.05, 3.63) is 23.9 Å². The van der Waals surface area contributed by atoms with Gasteiger partial charge in [-0.25, -0.2) is 4.98 Å². The number of aromatic nitrogens is 1. The van der Waals surface area contributed by atoms with Crippen LogP contribution >= 0.6 is 0 Å². The first-order valence-electron chi connectivity index (χ1n) is 5.04. The van der Waals surface area contributed by atoms with Crippen LogP contribution < -0.4 is 16.2 Å². The molecule has 84 valence electrons. The second kappa shape index (κ2) is 4.59. The molecule has 0 aliphatic rings. The summed E-state index contributed by atoms with van der Waals surface area (Å²) in [6.07, 6.45) is 0. The molecule has 0 aliphatic carbocycles. The Kier molecular flexibility index (Phi) is 3.66. The van der Waals surface area contributed by atoms with Gasteiger partial charge < -0.3 is 16.2 Å². The van der Waals surface area contributed by atoms with Gasteiger partial charge in [0, 0.05) is 12.6 Å². The maximum Gasteiger partial charge on any atom is 0.214 e. The van der Waals surface area contributed by atoms with E-state index in [2.05, 4.69) is 4.98 Å². The molecule has 1 aromatic rings. The topological polar surface area (TPSA) is 74.2 Å². The van der Waals surface area contributed by atoms with Crippen LogP contribution in [0.4, 0.5) is 0 Å². The van der Waals surface area contributed by atoms with E-state index in [0.29, 0.717) is 12.4 Å². The molecule has 0 spiro atoms. The molecule has 0 aliphatic heterocycles. The van der Waals surface area contributed by atoms with Crippen LogP contribution in [0.25, 0.3) is 0 Å². The fourth-order valence-electron chi connectivity index (χ4n) is 1.13. The Balaban J connectivity index is 2.83. The molecule has 1 aromatic heterocycles. The quantitative estimate of drug-likeness (QED) is 0.785. The Morgan fingerprint density at radius 1 is 1.40 bits per heavy atom. The van der Waals surface area contributed by atoms with Crippen LogP contribution in [0.1, 0.15) is 32.5 Å². The fourth-order valence-corrected chi connectivity index (χ4v) is 1.13. The summed E-state index contributed by atoms with van der Waals surface area (Å²) in [5, 5.41) is 0. The van der Waals surface area contributed by atoms with Gasteiger partial charge in [-0.2, -0.15) is 0 Å². The number of nitrogens with zero attached hydrogens (tertiary/aromatic N) is 1. The van der Waals surface area contributed by atoms with Gasteiger partial charge in [0.1, 0.15) is 5.60 Å². The first-order chi connectivity index (χ1) is 6.92. The van der Waals surface area contributed by atoms with Crippen molar-refractivity contribution < 1.29 is 4.74 Å². The Morgan fingerprint density at radius 2 is 2.07 bits per heavy atom. The highest BCUT2D eigenvalue weighted by molar-refractivity contribution is 5.18. The Bertz CT molecular complexity index is 320. The standard InChI is InChI=1S/C11H19N3O/c1-11(2,3)15-10-6-4-5-9(14-10)8(13)7-12/h4-6,8H,7,12-13H2,1-3H3. The van der Waals surface area contributed by atoms with E-state index in [0.717, 1.165) is 5.69 Å². The zero-order valence-electron chi connectivity index (χ0n) is 9.53. The molecule has 0 saturated heterocycles. The highest BCUT2D eigenvalue weighted by Crippen LogP contribution is 2.17. The molecule has 0 bridgehead atoms. The number of hydrogen-bond acceptors (Lipinski definition) is 4. The summed E-state index contributed by atoms with van der Waals surface area (Å²) in [4.78, 5) is 4.30. The van der Waals surface area contributed by atoms with Crippen LogP contribution in [0.5, 0.6) is 5.88 Å². The molecule has 4 nitrogen and oxygen atoms in total. The average Bonchev–Trinajstić information content (AvgIpc) is 2.14. The smallest absolute Gasteiger partial charge is 0.214 e. The fraction of sp³-hybridized carbons (Fsp3) is 0.545. The molecule has 0 radical (unpaired) electrons. The summed E-state index contributed by atoms with van der Waals surface area (Å²) in [5.41, 5.74) is 11.8.